The van der Waals surface area contributed by atoms with E-state index in [2.05, 4.69) is 22.8 Å². The van der Waals surface area contributed by atoms with Crippen LogP contribution in [0.2, 0.25) is 0 Å². The zero-order chi connectivity index (χ0) is 37.2. The molecule has 1 fully saturated rings. The molecule has 0 saturated carbocycles. The second-order valence-corrected chi connectivity index (χ2v) is 14.1. The van der Waals surface area contributed by atoms with Gasteiger partial charge in [0.2, 0.25) is 0 Å². The molecule has 4 N–H and O–H groups in total. The van der Waals surface area contributed by atoms with Crippen LogP contribution in [-0.4, -0.2) is 45.9 Å². The Bertz CT molecular complexity index is 1960. The van der Waals surface area contributed by atoms with Gasteiger partial charge < -0.3 is 30.3 Å². The quantitative estimate of drug-likeness (QED) is 0.0859. The van der Waals surface area contributed by atoms with Crippen molar-refractivity contribution in [3.63, 3.8) is 0 Å². The van der Waals surface area contributed by atoms with Crippen LogP contribution in [0.25, 0.3) is 0 Å². The maximum absolute atomic E-state index is 12.8. The number of aliphatic hydroxyl groups excluding tert-OH is 1. The summed E-state index contributed by atoms with van der Waals surface area (Å²) in [5.41, 5.74) is 5.67. The summed E-state index contributed by atoms with van der Waals surface area (Å²) in [5.74, 6) is -0.701. The van der Waals surface area contributed by atoms with Crippen LogP contribution in [0.4, 0.5) is 4.79 Å². The third kappa shape index (κ3) is 10.00. The van der Waals surface area contributed by atoms with E-state index in [4.69, 9.17) is 9.47 Å². The molecular weight excluding hydrogens is 689 g/mol. The first-order valence-corrected chi connectivity index (χ1v) is 18.4. The number of nitrogens with one attached hydrogen (secondary N) is 2. The first kappa shape index (κ1) is 37.5. The lowest BCUT2D eigenvalue weighted by Crippen LogP contribution is -2.46. The molecule has 5 unspecified atom stereocenters. The number of hydrogen-bond acceptors (Lipinski definition) is 7. The van der Waals surface area contributed by atoms with Crippen LogP contribution >= 0.6 is 11.8 Å². The molecule has 1 heterocycles. The van der Waals surface area contributed by atoms with Crippen molar-refractivity contribution in [1.29, 1.82) is 0 Å². The van der Waals surface area contributed by atoms with Crippen molar-refractivity contribution in [1.82, 2.24) is 10.6 Å². The molecule has 5 aromatic rings. The molecule has 0 aromatic heterocycles. The van der Waals surface area contributed by atoms with Crippen molar-refractivity contribution in [2.75, 3.05) is 5.75 Å². The largest absolute Gasteiger partial charge is 0.478 e. The molecule has 5 aromatic carbocycles. The Balaban J connectivity index is 1.19. The summed E-state index contributed by atoms with van der Waals surface area (Å²) in [4.78, 5) is 37.4. The lowest BCUT2D eigenvalue weighted by molar-refractivity contribution is -0.255. The predicted octanol–water partition coefficient (Wildman–Crippen LogP) is 7.61. The molecule has 6 rings (SSSR count). The standard InChI is InChI=1S/C43H42N2O7S/c1-28(47)37(24-29-8-4-2-5-9-29)45-43(50)44-25-30-12-18-35(19-13-30)42-51-38(27-53-36-22-20-34(21-23-36)41(48)49)39(32-10-6-3-7-11-32)40(52-42)33-16-14-31(26-46)15-17-33/h2-23,37-40,42,46H,24-27H2,1H3,(H,48,49)(H2,44,45,50). The first-order chi connectivity index (χ1) is 25.8. The number of urea groups is 1. The number of carbonyl (C=O) groups excluding carboxylic acids is 2. The van der Waals surface area contributed by atoms with Gasteiger partial charge in [-0.25, -0.2) is 9.59 Å². The zero-order valence-corrected chi connectivity index (χ0v) is 30.1. The van der Waals surface area contributed by atoms with E-state index in [0.29, 0.717) is 12.2 Å². The summed E-state index contributed by atoms with van der Waals surface area (Å²) >= 11 is 1.59. The van der Waals surface area contributed by atoms with E-state index in [9.17, 15) is 24.6 Å². The van der Waals surface area contributed by atoms with Crippen LogP contribution < -0.4 is 10.6 Å². The van der Waals surface area contributed by atoms with E-state index >= 15 is 0 Å². The molecule has 1 aliphatic heterocycles. The molecule has 2 amide bonds. The van der Waals surface area contributed by atoms with Gasteiger partial charge in [-0.2, -0.15) is 0 Å². The highest BCUT2D eigenvalue weighted by Gasteiger charge is 2.42. The molecule has 272 valence electrons. The number of carbonyl (C=O) groups is 3. The smallest absolute Gasteiger partial charge is 0.335 e. The fourth-order valence-corrected chi connectivity index (χ4v) is 7.33. The van der Waals surface area contributed by atoms with Crippen LogP contribution in [0.3, 0.4) is 0 Å². The zero-order valence-electron chi connectivity index (χ0n) is 29.3. The minimum absolute atomic E-state index is 0.0621. The minimum atomic E-state index is -0.970. The van der Waals surface area contributed by atoms with Gasteiger partial charge >= 0.3 is 12.0 Å². The molecule has 53 heavy (non-hydrogen) atoms. The maximum Gasteiger partial charge on any atom is 0.335 e. The molecule has 0 spiro atoms. The Morgan fingerprint density at radius 2 is 1.34 bits per heavy atom. The van der Waals surface area contributed by atoms with E-state index in [1.165, 1.54) is 6.92 Å². The number of benzene rings is 5. The Labute approximate surface area is 313 Å². The van der Waals surface area contributed by atoms with Gasteiger partial charge in [-0.3, -0.25) is 4.79 Å². The Morgan fingerprint density at radius 1 is 0.717 bits per heavy atom. The Kier molecular flexibility index (Phi) is 12.7. The lowest BCUT2D eigenvalue weighted by atomic mass is 9.84. The number of carboxylic acids is 1. The van der Waals surface area contributed by atoms with Gasteiger partial charge in [-0.1, -0.05) is 109 Å². The van der Waals surface area contributed by atoms with Crippen molar-refractivity contribution < 1.29 is 34.1 Å². The summed E-state index contributed by atoms with van der Waals surface area (Å²) in [7, 11) is 0. The van der Waals surface area contributed by atoms with Crippen LogP contribution in [0.5, 0.6) is 0 Å². The third-order valence-electron chi connectivity index (χ3n) is 9.27. The van der Waals surface area contributed by atoms with Gasteiger partial charge in [-0.15, -0.1) is 11.8 Å². The highest BCUT2D eigenvalue weighted by atomic mass is 32.2. The van der Waals surface area contributed by atoms with Crippen LogP contribution in [0.15, 0.2) is 138 Å². The van der Waals surface area contributed by atoms with E-state index < -0.39 is 24.3 Å². The van der Waals surface area contributed by atoms with Crippen LogP contribution in [0, 0.1) is 0 Å². The number of rotatable bonds is 14. The molecule has 0 bridgehead atoms. The summed E-state index contributed by atoms with van der Waals surface area (Å²) in [6.07, 6.45) is -0.998. The molecule has 10 heteroatoms. The average Bonchev–Trinajstić information content (AvgIpc) is 3.19. The van der Waals surface area contributed by atoms with Crippen molar-refractivity contribution in [2.24, 2.45) is 0 Å². The molecule has 0 aliphatic carbocycles. The number of aliphatic hydroxyl groups is 1. The fraction of sp³-hybridized carbons (Fsp3) is 0.233. The minimum Gasteiger partial charge on any atom is -0.478 e. The molecule has 9 nitrogen and oxygen atoms in total. The normalized spacial score (nSPS) is 18.8. The van der Waals surface area contributed by atoms with Gasteiger partial charge in [0.25, 0.3) is 0 Å². The number of aromatic carboxylic acids is 1. The number of ketones is 1. The summed E-state index contributed by atoms with van der Waals surface area (Å²) in [6.45, 7) is 1.66. The van der Waals surface area contributed by atoms with Gasteiger partial charge in [0, 0.05) is 28.7 Å². The topological polar surface area (TPSA) is 134 Å². The average molecular weight is 731 g/mol. The van der Waals surface area contributed by atoms with E-state index in [1.54, 1.807) is 23.9 Å². The summed E-state index contributed by atoms with van der Waals surface area (Å²) in [6, 6.07) is 40.9. The van der Waals surface area contributed by atoms with E-state index in [1.807, 2.05) is 109 Å². The first-order valence-electron chi connectivity index (χ1n) is 17.5. The molecule has 5 atom stereocenters. The highest BCUT2D eigenvalue weighted by Crippen LogP contribution is 2.48. The van der Waals surface area contributed by atoms with Gasteiger partial charge in [0.05, 0.1) is 30.4 Å². The molecule has 1 aliphatic rings. The van der Waals surface area contributed by atoms with Crippen molar-refractivity contribution in [3.05, 3.63) is 172 Å². The second-order valence-electron chi connectivity index (χ2n) is 13.0. The SMILES string of the molecule is CC(=O)C(Cc1ccccc1)NC(=O)NCc1ccc(C2OC(CSc3ccc(C(=O)O)cc3)C(c3ccccc3)C(c3ccc(CO)cc3)O2)cc1. The highest BCUT2D eigenvalue weighted by molar-refractivity contribution is 7.99. The van der Waals surface area contributed by atoms with E-state index in [0.717, 1.165) is 38.3 Å². The maximum atomic E-state index is 12.8. The fourth-order valence-electron chi connectivity index (χ4n) is 6.35. The number of amides is 2. The Morgan fingerprint density at radius 3 is 1.96 bits per heavy atom. The van der Waals surface area contributed by atoms with Crippen LogP contribution in [-0.2, 0) is 33.8 Å². The number of ether oxygens (including phenoxy) is 2. The monoisotopic (exact) mass is 730 g/mol. The molecule has 0 radical (unpaired) electrons. The van der Waals surface area contributed by atoms with Crippen molar-refractivity contribution in [3.8, 4) is 0 Å². The summed E-state index contributed by atoms with van der Waals surface area (Å²) < 4.78 is 13.6. The van der Waals surface area contributed by atoms with Gasteiger partial charge in [-0.05, 0) is 65.4 Å². The summed E-state index contributed by atoms with van der Waals surface area (Å²) in [5, 5.41) is 24.7. The van der Waals surface area contributed by atoms with Crippen molar-refractivity contribution >= 4 is 29.5 Å². The number of carboxylic acid groups (broad SMARTS) is 1. The Hall–Kier alpha value is -5.26. The second kappa shape index (κ2) is 18.0. The van der Waals surface area contributed by atoms with Crippen LogP contribution in [0.1, 0.15) is 69.0 Å². The number of Topliss-reactive ketones (excluding diaryl/α,β-unsaturated/α-hetero) is 1. The number of hydrogen-bond donors (Lipinski definition) is 4. The van der Waals surface area contributed by atoms with Crippen molar-refractivity contribution in [2.45, 2.75) is 61.8 Å². The van der Waals surface area contributed by atoms with Gasteiger partial charge in [0.15, 0.2) is 12.1 Å². The lowest BCUT2D eigenvalue weighted by Gasteiger charge is -2.43. The molecular formula is C43H42N2O7S. The predicted molar refractivity (Wildman–Crippen MR) is 204 cm³/mol. The van der Waals surface area contributed by atoms with E-state index in [-0.39, 0.29) is 42.6 Å². The number of thioether (sulfide) groups is 1. The molecule has 1 saturated heterocycles. The third-order valence-corrected chi connectivity index (χ3v) is 10.4. The van der Waals surface area contributed by atoms with Gasteiger partial charge in [0.1, 0.15) is 0 Å².